The fourth-order valence-corrected chi connectivity index (χ4v) is 4.46. The molecule has 0 radical (unpaired) electrons. The van der Waals surface area contributed by atoms with Gasteiger partial charge in [0.15, 0.2) is 0 Å². The maximum Gasteiger partial charge on any atom is 0.124 e. The number of hydrogen-bond donors (Lipinski definition) is 2. The predicted molar refractivity (Wildman–Crippen MR) is 116 cm³/mol. The summed E-state index contributed by atoms with van der Waals surface area (Å²) in [7, 11) is -1.44. The fraction of sp³-hybridized carbons (Fsp3) is 0.600. The first kappa shape index (κ1) is 22.7. The molecule has 1 aromatic carbocycles. The van der Waals surface area contributed by atoms with E-state index in [1.807, 2.05) is 19.9 Å². The van der Waals surface area contributed by atoms with E-state index >= 15 is 0 Å². The van der Waals surface area contributed by atoms with Gasteiger partial charge in [0.05, 0.1) is 25.8 Å². The number of benzene rings is 1. The third-order valence-electron chi connectivity index (χ3n) is 5.30. The van der Waals surface area contributed by atoms with Crippen molar-refractivity contribution in [2.24, 2.45) is 11.1 Å². The van der Waals surface area contributed by atoms with Crippen LogP contribution < -0.4 is 15.2 Å². The first-order chi connectivity index (χ1) is 12.7. The lowest BCUT2D eigenvalue weighted by atomic mass is 9.74. The quantitative estimate of drug-likeness (QED) is 0.578. The third kappa shape index (κ3) is 5.94. The Morgan fingerprint density at radius 1 is 1.44 bits per heavy atom. The summed E-state index contributed by atoms with van der Waals surface area (Å²) in [5, 5.41) is 10.2. The van der Waals surface area contributed by atoms with Crippen LogP contribution in [-0.4, -0.2) is 28.1 Å². The molecule has 0 amide bonds. The van der Waals surface area contributed by atoms with Gasteiger partial charge in [-0.3, -0.25) is 5.14 Å². The molecule has 1 heterocycles. The minimum absolute atomic E-state index is 0.117. The van der Waals surface area contributed by atoms with Crippen LogP contribution in [0.1, 0.15) is 51.5 Å². The van der Waals surface area contributed by atoms with Crippen molar-refractivity contribution in [2.45, 2.75) is 56.7 Å². The van der Waals surface area contributed by atoms with Crippen LogP contribution in [0, 0.1) is 5.92 Å². The van der Waals surface area contributed by atoms with E-state index in [0.717, 1.165) is 24.9 Å². The van der Waals surface area contributed by atoms with Gasteiger partial charge in [-0.2, -0.15) is 0 Å². The molecule has 152 valence electrons. The van der Waals surface area contributed by atoms with Gasteiger partial charge in [0.25, 0.3) is 0 Å². The number of nitrogens with one attached hydrogen (secondary N) is 1. The lowest BCUT2D eigenvalue weighted by Gasteiger charge is -2.38. The molecule has 1 saturated heterocycles. The zero-order valence-corrected chi connectivity index (χ0v) is 18.6. The Hall–Kier alpha value is -0.590. The summed E-state index contributed by atoms with van der Waals surface area (Å²) >= 11 is 12.6. The van der Waals surface area contributed by atoms with E-state index in [2.05, 4.69) is 18.8 Å². The topological polar surface area (TPSA) is 64.3 Å². The maximum absolute atomic E-state index is 12.1. The Labute approximate surface area is 175 Å². The number of nitrogens with two attached hydrogens (primary N) is 1. The van der Waals surface area contributed by atoms with Gasteiger partial charge in [-0.25, -0.2) is 4.21 Å². The van der Waals surface area contributed by atoms with Gasteiger partial charge in [0, 0.05) is 12.1 Å². The van der Waals surface area contributed by atoms with Crippen LogP contribution in [0.5, 0.6) is 5.75 Å². The van der Waals surface area contributed by atoms with Crippen molar-refractivity contribution in [2.75, 3.05) is 13.2 Å². The van der Waals surface area contributed by atoms with Crippen LogP contribution in [0.4, 0.5) is 0 Å². The van der Waals surface area contributed by atoms with Crippen LogP contribution in [0.25, 0.3) is 0 Å². The van der Waals surface area contributed by atoms with Gasteiger partial charge in [-0.1, -0.05) is 35.9 Å². The van der Waals surface area contributed by atoms with Gasteiger partial charge in [0.1, 0.15) is 12.4 Å². The molecule has 0 aromatic heterocycles. The van der Waals surface area contributed by atoms with Crippen molar-refractivity contribution in [1.82, 2.24) is 5.32 Å². The Balaban J connectivity index is 2.49. The van der Waals surface area contributed by atoms with Crippen molar-refractivity contribution in [3.8, 4) is 5.75 Å². The Bertz CT molecular complexity index is 697. The van der Waals surface area contributed by atoms with Crippen LogP contribution >= 0.6 is 23.2 Å². The van der Waals surface area contributed by atoms with E-state index in [1.54, 1.807) is 12.1 Å². The average molecular weight is 433 g/mol. The Morgan fingerprint density at radius 2 is 2.11 bits per heavy atom. The normalized spacial score (nSPS) is 22.9. The van der Waals surface area contributed by atoms with Gasteiger partial charge < -0.3 is 10.1 Å². The monoisotopic (exact) mass is 432 g/mol. The first-order valence-electron chi connectivity index (χ1n) is 9.28. The van der Waals surface area contributed by atoms with Gasteiger partial charge in [0.2, 0.25) is 0 Å². The molecule has 1 aliphatic rings. The number of rotatable bonds is 8. The van der Waals surface area contributed by atoms with Crippen LogP contribution in [0.3, 0.4) is 0 Å². The Morgan fingerprint density at radius 3 is 2.70 bits per heavy atom. The minimum Gasteiger partial charge on any atom is -0.489 e. The maximum atomic E-state index is 12.1. The van der Waals surface area contributed by atoms with E-state index < -0.39 is 15.7 Å². The minimum atomic E-state index is -1.44. The SMILES string of the molecule is C=CCOc1cc(Cl)c(Cl)cc1[C@H](CC(C)(C)S(N)=O)C1CCNC(C)C1. The average Bonchev–Trinajstić information content (AvgIpc) is 2.60. The number of halogens is 2. The smallest absolute Gasteiger partial charge is 0.124 e. The van der Waals surface area contributed by atoms with Crippen molar-refractivity contribution < 1.29 is 8.95 Å². The van der Waals surface area contributed by atoms with Crippen LogP contribution in [-0.2, 0) is 11.0 Å². The highest BCUT2D eigenvalue weighted by Gasteiger charge is 2.36. The molecule has 7 heteroatoms. The molecular formula is C20H30Cl2N2O2S. The Kier molecular flexibility index (Phi) is 8.19. The van der Waals surface area contributed by atoms with E-state index in [9.17, 15) is 4.21 Å². The highest BCUT2D eigenvalue weighted by molar-refractivity contribution is 7.84. The molecule has 27 heavy (non-hydrogen) atoms. The van der Waals surface area contributed by atoms with E-state index in [4.69, 9.17) is 33.1 Å². The van der Waals surface area contributed by atoms with Gasteiger partial charge >= 0.3 is 0 Å². The summed E-state index contributed by atoms with van der Waals surface area (Å²) < 4.78 is 17.5. The second-order valence-electron chi connectivity index (χ2n) is 7.91. The zero-order chi connectivity index (χ0) is 20.2. The van der Waals surface area contributed by atoms with Crippen molar-refractivity contribution in [3.05, 3.63) is 40.4 Å². The summed E-state index contributed by atoms with van der Waals surface area (Å²) in [5.41, 5.74) is 1.00. The number of ether oxygens (including phenoxy) is 1. The largest absolute Gasteiger partial charge is 0.489 e. The molecule has 1 fully saturated rings. The predicted octanol–water partition coefficient (Wildman–Crippen LogP) is 4.82. The lowest BCUT2D eigenvalue weighted by Crippen LogP contribution is -2.41. The second kappa shape index (κ2) is 9.75. The van der Waals surface area contributed by atoms with Crippen molar-refractivity contribution >= 4 is 34.2 Å². The summed E-state index contributed by atoms with van der Waals surface area (Å²) in [5.74, 6) is 1.23. The number of piperidine rings is 1. The molecule has 3 unspecified atom stereocenters. The van der Waals surface area contributed by atoms with E-state index in [-0.39, 0.29) is 5.92 Å². The summed E-state index contributed by atoms with van der Waals surface area (Å²) in [6.07, 6.45) is 4.44. The molecule has 0 aliphatic carbocycles. The second-order valence-corrected chi connectivity index (χ2v) is 10.4. The lowest BCUT2D eigenvalue weighted by molar-refractivity contribution is 0.250. The summed E-state index contributed by atoms with van der Waals surface area (Å²) in [4.78, 5) is 0. The molecule has 2 rings (SSSR count). The van der Waals surface area contributed by atoms with Gasteiger partial charge in [-0.15, -0.1) is 0 Å². The molecule has 4 atom stereocenters. The zero-order valence-electron chi connectivity index (χ0n) is 16.3. The number of hydrogen-bond acceptors (Lipinski definition) is 3. The van der Waals surface area contributed by atoms with Crippen LogP contribution in [0.15, 0.2) is 24.8 Å². The molecule has 3 N–H and O–H groups in total. The third-order valence-corrected chi connectivity index (χ3v) is 7.28. The van der Waals surface area contributed by atoms with Crippen molar-refractivity contribution in [1.29, 1.82) is 0 Å². The highest BCUT2D eigenvalue weighted by Crippen LogP contribution is 2.45. The molecule has 0 bridgehead atoms. The molecule has 1 aromatic rings. The molecule has 1 aliphatic heterocycles. The molecule has 0 spiro atoms. The van der Waals surface area contributed by atoms with Crippen LogP contribution in [0.2, 0.25) is 10.0 Å². The van der Waals surface area contributed by atoms with Gasteiger partial charge in [-0.05, 0) is 70.0 Å². The van der Waals surface area contributed by atoms with E-state index in [1.165, 1.54) is 0 Å². The molecule has 0 saturated carbocycles. The molecular weight excluding hydrogens is 403 g/mol. The first-order valence-corrected chi connectivity index (χ1v) is 11.2. The van der Waals surface area contributed by atoms with E-state index in [0.29, 0.717) is 40.8 Å². The summed E-state index contributed by atoms with van der Waals surface area (Å²) in [6, 6.07) is 4.10. The molecule has 4 nitrogen and oxygen atoms in total. The van der Waals surface area contributed by atoms with Crippen molar-refractivity contribution in [3.63, 3.8) is 0 Å². The highest BCUT2D eigenvalue weighted by atomic mass is 35.5. The summed E-state index contributed by atoms with van der Waals surface area (Å²) in [6.45, 7) is 11.1. The standard InChI is InChI=1S/C20H30Cl2N2O2S/c1-5-8-26-19-11-18(22)17(21)10-15(19)16(12-20(3,4)27(23)25)14-6-7-24-13(2)9-14/h5,10-11,13-14,16,24H,1,6-9,12,23H2,2-4H3/t13?,14?,16-,27?/m1/s1. The fourth-order valence-electron chi connectivity index (χ4n) is 3.79.